The fourth-order valence-corrected chi connectivity index (χ4v) is 3.50. The van der Waals surface area contributed by atoms with Crippen LogP contribution in [0.4, 0.5) is 5.69 Å². The van der Waals surface area contributed by atoms with Gasteiger partial charge in [0, 0.05) is 22.8 Å². The smallest absolute Gasteiger partial charge is 0.136 e. The van der Waals surface area contributed by atoms with E-state index in [2.05, 4.69) is 55.3 Å². The van der Waals surface area contributed by atoms with Crippen LogP contribution in [0.5, 0.6) is 5.75 Å². The minimum absolute atomic E-state index is 0.508. The lowest BCUT2D eigenvalue weighted by Gasteiger charge is -2.06. The molecular formula is C24H25N3OS. The molecule has 1 aromatic heterocycles. The number of nitrogens with zero attached hydrogens (tertiary/aromatic N) is 2. The van der Waals surface area contributed by atoms with Gasteiger partial charge < -0.3 is 10.1 Å². The van der Waals surface area contributed by atoms with E-state index in [0.29, 0.717) is 10.6 Å². The molecule has 3 aromatic rings. The van der Waals surface area contributed by atoms with Crippen molar-refractivity contribution in [3.05, 3.63) is 70.2 Å². The topological polar surface area (TPSA) is 57.9 Å². The molecule has 1 N–H and O–H groups in total. The average molecular weight is 404 g/mol. The van der Waals surface area contributed by atoms with Crippen LogP contribution in [0.25, 0.3) is 16.8 Å². The van der Waals surface area contributed by atoms with Gasteiger partial charge in [0.1, 0.15) is 22.4 Å². The van der Waals surface area contributed by atoms with Crippen LogP contribution in [0.15, 0.2) is 54.0 Å². The summed E-state index contributed by atoms with van der Waals surface area (Å²) in [5, 5.41) is 15.4. The summed E-state index contributed by atoms with van der Waals surface area (Å²) in [4.78, 5) is 4.66. The first kappa shape index (κ1) is 20.6. The predicted molar refractivity (Wildman–Crippen MR) is 121 cm³/mol. The van der Waals surface area contributed by atoms with Crippen LogP contribution in [0.1, 0.15) is 35.9 Å². The minimum Gasteiger partial charge on any atom is -0.494 e. The van der Waals surface area contributed by atoms with E-state index >= 15 is 0 Å². The Morgan fingerprint density at radius 1 is 1.17 bits per heavy atom. The number of rotatable bonds is 8. The molecule has 0 amide bonds. The van der Waals surface area contributed by atoms with Crippen molar-refractivity contribution in [2.24, 2.45) is 0 Å². The van der Waals surface area contributed by atoms with Gasteiger partial charge in [-0.25, -0.2) is 4.98 Å². The van der Waals surface area contributed by atoms with Crippen molar-refractivity contribution in [2.75, 3.05) is 11.9 Å². The van der Waals surface area contributed by atoms with E-state index in [1.807, 2.05) is 29.6 Å². The maximum Gasteiger partial charge on any atom is 0.136 e. The highest BCUT2D eigenvalue weighted by molar-refractivity contribution is 7.11. The van der Waals surface area contributed by atoms with E-state index < -0.39 is 0 Å². The van der Waals surface area contributed by atoms with Crippen molar-refractivity contribution in [3.8, 4) is 23.1 Å². The lowest BCUT2D eigenvalue weighted by molar-refractivity contribution is 0.309. The number of thiazole rings is 1. The predicted octanol–water partition coefficient (Wildman–Crippen LogP) is 6.58. The quantitative estimate of drug-likeness (QED) is 0.341. The molecule has 0 saturated heterocycles. The molecule has 0 atom stereocenters. The molecule has 5 heteroatoms. The summed E-state index contributed by atoms with van der Waals surface area (Å²) in [5.41, 5.74) is 5.85. The maximum absolute atomic E-state index is 9.57. The summed E-state index contributed by atoms with van der Waals surface area (Å²) in [6, 6.07) is 16.3. The highest BCUT2D eigenvalue weighted by Gasteiger charge is 2.09. The number of unbranched alkanes of at least 4 members (excludes halogenated alkanes) is 1. The zero-order valence-electron chi connectivity index (χ0n) is 17.0. The molecule has 0 fully saturated rings. The first-order chi connectivity index (χ1) is 14.1. The number of anilines is 1. The van der Waals surface area contributed by atoms with E-state index in [-0.39, 0.29) is 0 Å². The lowest BCUT2D eigenvalue weighted by atomic mass is 10.1. The number of hydrogen-bond donors (Lipinski definition) is 1. The van der Waals surface area contributed by atoms with Gasteiger partial charge in [-0.2, -0.15) is 5.26 Å². The zero-order chi connectivity index (χ0) is 20.6. The fourth-order valence-electron chi connectivity index (χ4n) is 2.71. The minimum atomic E-state index is 0.508. The normalized spacial score (nSPS) is 11.2. The molecule has 3 rings (SSSR count). The average Bonchev–Trinajstić information content (AvgIpc) is 3.22. The molecule has 1 heterocycles. The van der Waals surface area contributed by atoms with Crippen molar-refractivity contribution in [3.63, 3.8) is 0 Å². The van der Waals surface area contributed by atoms with E-state index in [9.17, 15) is 5.26 Å². The third-order valence-electron chi connectivity index (χ3n) is 4.66. The molecule has 4 nitrogen and oxygen atoms in total. The standard InChI is InChI=1S/C24H25N3OS/c1-4-5-12-28-22-10-8-21(9-11-22)26-15-20(14-25)24-27-23(16-29-24)19-7-6-17(2)18(3)13-19/h6-11,13,15-16,26H,4-5,12H2,1-3H3. The van der Waals surface area contributed by atoms with Crippen molar-refractivity contribution in [1.29, 1.82) is 5.26 Å². The van der Waals surface area contributed by atoms with Gasteiger partial charge in [-0.15, -0.1) is 11.3 Å². The lowest BCUT2D eigenvalue weighted by Crippen LogP contribution is -1.96. The molecule has 0 radical (unpaired) electrons. The van der Waals surface area contributed by atoms with Crippen LogP contribution in [0.2, 0.25) is 0 Å². The van der Waals surface area contributed by atoms with Gasteiger partial charge in [0.15, 0.2) is 0 Å². The Morgan fingerprint density at radius 3 is 2.66 bits per heavy atom. The molecule has 0 bridgehead atoms. The Morgan fingerprint density at radius 2 is 1.97 bits per heavy atom. The van der Waals surface area contributed by atoms with Gasteiger partial charge in [0.2, 0.25) is 0 Å². The molecule has 0 unspecified atom stereocenters. The Balaban J connectivity index is 1.69. The van der Waals surface area contributed by atoms with E-state index in [0.717, 1.165) is 42.1 Å². The maximum atomic E-state index is 9.57. The first-order valence-electron chi connectivity index (χ1n) is 9.74. The number of nitriles is 1. The largest absolute Gasteiger partial charge is 0.494 e. The second-order valence-corrected chi connectivity index (χ2v) is 7.74. The first-order valence-corrected chi connectivity index (χ1v) is 10.6. The molecule has 0 spiro atoms. The van der Waals surface area contributed by atoms with Crippen molar-refractivity contribution in [2.45, 2.75) is 33.6 Å². The number of hydrogen-bond acceptors (Lipinski definition) is 5. The Kier molecular flexibility index (Phi) is 7.04. The van der Waals surface area contributed by atoms with E-state index in [4.69, 9.17) is 4.74 Å². The van der Waals surface area contributed by atoms with Gasteiger partial charge in [-0.05, 0) is 61.7 Å². The van der Waals surface area contributed by atoms with Crippen molar-refractivity contribution in [1.82, 2.24) is 4.98 Å². The monoisotopic (exact) mass is 403 g/mol. The highest BCUT2D eigenvalue weighted by atomic mass is 32.1. The number of allylic oxidation sites excluding steroid dienone is 1. The van der Waals surface area contributed by atoms with Crippen LogP contribution in [0.3, 0.4) is 0 Å². The zero-order valence-corrected chi connectivity index (χ0v) is 17.8. The van der Waals surface area contributed by atoms with Gasteiger partial charge >= 0.3 is 0 Å². The molecule has 0 aliphatic rings. The van der Waals surface area contributed by atoms with Crippen LogP contribution >= 0.6 is 11.3 Å². The fraction of sp³-hybridized carbons (Fsp3) is 0.250. The van der Waals surface area contributed by atoms with Gasteiger partial charge in [0.25, 0.3) is 0 Å². The Bertz CT molecular complexity index is 1030. The van der Waals surface area contributed by atoms with Gasteiger partial charge in [-0.1, -0.05) is 25.5 Å². The molecule has 0 saturated carbocycles. The molecule has 29 heavy (non-hydrogen) atoms. The molecule has 0 aliphatic carbocycles. The number of benzene rings is 2. The van der Waals surface area contributed by atoms with Crippen LogP contribution < -0.4 is 10.1 Å². The number of aromatic nitrogens is 1. The third kappa shape index (κ3) is 5.46. The number of ether oxygens (including phenoxy) is 1. The summed E-state index contributed by atoms with van der Waals surface area (Å²) in [6.45, 7) is 7.06. The van der Waals surface area contributed by atoms with Crippen LogP contribution in [0, 0.1) is 25.2 Å². The second kappa shape index (κ2) is 9.90. The van der Waals surface area contributed by atoms with E-state index in [1.165, 1.54) is 22.5 Å². The van der Waals surface area contributed by atoms with Crippen LogP contribution in [-0.4, -0.2) is 11.6 Å². The molecule has 0 aliphatic heterocycles. The molecular weight excluding hydrogens is 378 g/mol. The number of nitrogens with one attached hydrogen (secondary N) is 1. The summed E-state index contributed by atoms with van der Waals surface area (Å²) < 4.78 is 5.67. The highest BCUT2D eigenvalue weighted by Crippen LogP contribution is 2.27. The van der Waals surface area contributed by atoms with Crippen molar-refractivity contribution < 1.29 is 4.74 Å². The summed E-state index contributed by atoms with van der Waals surface area (Å²) in [7, 11) is 0. The Labute approximate surface area is 176 Å². The SMILES string of the molecule is CCCCOc1ccc(NC=C(C#N)c2nc(-c3ccc(C)c(C)c3)cs2)cc1. The third-order valence-corrected chi connectivity index (χ3v) is 5.54. The molecule has 2 aromatic carbocycles. The van der Waals surface area contributed by atoms with Crippen LogP contribution in [-0.2, 0) is 0 Å². The second-order valence-electron chi connectivity index (χ2n) is 6.88. The summed E-state index contributed by atoms with van der Waals surface area (Å²) in [5.74, 6) is 0.853. The van der Waals surface area contributed by atoms with Gasteiger partial charge in [-0.3, -0.25) is 0 Å². The van der Waals surface area contributed by atoms with Crippen molar-refractivity contribution >= 4 is 22.6 Å². The summed E-state index contributed by atoms with van der Waals surface area (Å²) >= 11 is 1.47. The van der Waals surface area contributed by atoms with E-state index in [1.54, 1.807) is 6.20 Å². The summed E-state index contributed by atoms with van der Waals surface area (Å²) in [6.07, 6.45) is 3.87. The van der Waals surface area contributed by atoms with Gasteiger partial charge in [0.05, 0.1) is 12.3 Å². The number of aryl methyl sites for hydroxylation is 2. The molecule has 148 valence electrons. The Hall–Kier alpha value is -3.10.